The molecule has 1 rings (SSSR count). The molecule has 1 N–H and O–H groups in total. The second-order valence-electron chi connectivity index (χ2n) is 3.03. The molecule has 0 radical (unpaired) electrons. The summed E-state index contributed by atoms with van der Waals surface area (Å²) in [7, 11) is 1.30. The highest BCUT2D eigenvalue weighted by atomic mass is 32.1. The smallest absolute Gasteiger partial charge is 0.338 e. The lowest BCUT2D eigenvalue weighted by molar-refractivity contribution is -0.138. The lowest BCUT2D eigenvalue weighted by Gasteiger charge is -2.05. The second kappa shape index (κ2) is 4.93. The van der Waals surface area contributed by atoms with Crippen LogP contribution in [0.5, 0.6) is 0 Å². The number of carboxylic acids is 1. The molecular weight excluding hydrogens is 216 g/mol. The summed E-state index contributed by atoms with van der Waals surface area (Å²) in [6.45, 7) is 1.80. The first-order valence-electron chi connectivity index (χ1n) is 4.49. The fraction of sp³-hybridized carbons (Fsp3) is 0.400. The van der Waals surface area contributed by atoms with Gasteiger partial charge in [-0.1, -0.05) is 6.92 Å². The second-order valence-corrected chi connectivity index (χ2v) is 3.97. The first-order chi connectivity index (χ1) is 7.10. The number of rotatable bonds is 4. The van der Waals surface area contributed by atoms with E-state index in [1.54, 1.807) is 18.4 Å². The van der Waals surface area contributed by atoms with Gasteiger partial charge in [-0.3, -0.25) is 4.79 Å². The molecule has 1 aromatic rings. The average Bonchev–Trinajstić information content (AvgIpc) is 2.66. The number of thiophene rings is 1. The summed E-state index contributed by atoms with van der Waals surface area (Å²) < 4.78 is 4.54. The normalized spacial score (nSPS) is 12.1. The molecule has 5 heteroatoms. The molecule has 1 unspecified atom stereocenters. The van der Waals surface area contributed by atoms with E-state index in [1.807, 2.05) is 0 Å². The van der Waals surface area contributed by atoms with Gasteiger partial charge < -0.3 is 9.84 Å². The standard InChI is InChI=1S/C10H12O4S/c1-3-7(9(11)12)8-4-6(5-15-8)10(13)14-2/h4-5,7H,3H2,1-2H3,(H,11,12). The number of methoxy groups -OCH3 is 1. The van der Waals surface area contributed by atoms with Crippen molar-refractivity contribution in [1.82, 2.24) is 0 Å². The van der Waals surface area contributed by atoms with Crippen LogP contribution < -0.4 is 0 Å². The summed E-state index contributed by atoms with van der Waals surface area (Å²) in [5.74, 6) is -1.83. The molecule has 0 aliphatic carbocycles. The highest BCUT2D eigenvalue weighted by Crippen LogP contribution is 2.27. The molecule has 0 saturated heterocycles. The fourth-order valence-corrected chi connectivity index (χ4v) is 2.31. The predicted octanol–water partition coefficient (Wildman–Crippen LogP) is 2.11. The van der Waals surface area contributed by atoms with Crippen LogP contribution in [0.3, 0.4) is 0 Å². The fourth-order valence-electron chi connectivity index (χ4n) is 1.26. The molecule has 0 saturated carbocycles. The average molecular weight is 228 g/mol. The number of carbonyl (C=O) groups is 2. The molecule has 1 atom stereocenters. The predicted molar refractivity (Wildman–Crippen MR) is 56.3 cm³/mol. The van der Waals surface area contributed by atoms with Gasteiger partial charge in [-0.15, -0.1) is 11.3 Å². The number of aliphatic carboxylic acids is 1. The number of carbonyl (C=O) groups excluding carboxylic acids is 1. The summed E-state index contributed by atoms with van der Waals surface area (Å²) in [6, 6.07) is 1.58. The quantitative estimate of drug-likeness (QED) is 0.802. The summed E-state index contributed by atoms with van der Waals surface area (Å²) >= 11 is 1.27. The van der Waals surface area contributed by atoms with Gasteiger partial charge in [-0.25, -0.2) is 4.79 Å². The molecule has 0 amide bonds. The van der Waals surface area contributed by atoms with E-state index in [9.17, 15) is 9.59 Å². The Morgan fingerprint density at radius 2 is 2.27 bits per heavy atom. The minimum atomic E-state index is -0.865. The van der Waals surface area contributed by atoms with E-state index < -0.39 is 17.9 Å². The van der Waals surface area contributed by atoms with E-state index >= 15 is 0 Å². The molecule has 15 heavy (non-hydrogen) atoms. The molecule has 0 aliphatic heterocycles. The molecule has 0 spiro atoms. The number of esters is 1. The van der Waals surface area contributed by atoms with Crippen molar-refractivity contribution in [3.8, 4) is 0 Å². The Morgan fingerprint density at radius 3 is 2.73 bits per heavy atom. The largest absolute Gasteiger partial charge is 0.481 e. The van der Waals surface area contributed by atoms with Crippen LogP contribution in [0.1, 0.15) is 34.5 Å². The maximum Gasteiger partial charge on any atom is 0.338 e. The van der Waals surface area contributed by atoms with Gasteiger partial charge in [-0.05, 0) is 12.5 Å². The van der Waals surface area contributed by atoms with Crippen LogP contribution in [0.25, 0.3) is 0 Å². The maximum atomic E-state index is 11.1. The lowest BCUT2D eigenvalue weighted by Crippen LogP contribution is -2.08. The third-order valence-corrected chi connectivity index (χ3v) is 3.14. The van der Waals surface area contributed by atoms with Crippen LogP contribution >= 0.6 is 11.3 Å². The van der Waals surface area contributed by atoms with Crippen LogP contribution in [-0.2, 0) is 9.53 Å². The van der Waals surface area contributed by atoms with Crippen LogP contribution in [0.15, 0.2) is 11.4 Å². The molecule has 0 aliphatic rings. The van der Waals surface area contributed by atoms with E-state index in [1.165, 1.54) is 18.4 Å². The summed E-state index contributed by atoms with van der Waals surface area (Å²) in [5, 5.41) is 10.5. The minimum Gasteiger partial charge on any atom is -0.481 e. The third kappa shape index (κ3) is 2.56. The van der Waals surface area contributed by atoms with Crippen LogP contribution in [0.4, 0.5) is 0 Å². The zero-order valence-corrected chi connectivity index (χ0v) is 9.34. The van der Waals surface area contributed by atoms with Crippen molar-refractivity contribution in [2.75, 3.05) is 7.11 Å². The zero-order valence-electron chi connectivity index (χ0n) is 8.52. The Kier molecular flexibility index (Phi) is 3.85. The highest BCUT2D eigenvalue weighted by molar-refractivity contribution is 7.10. The SMILES string of the molecule is CCC(C(=O)O)c1cc(C(=O)OC)cs1. The van der Waals surface area contributed by atoms with Crippen molar-refractivity contribution in [2.24, 2.45) is 0 Å². The van der Waals surface area contributed by atoms with E-state index in [0.717, 1.165) is 0 Å². The Morgan fingerprint density at radius 1 is 1.60 bits per heavy atom. The molecule has 0 fully saturated rings. The van der Waals surface area contributed by atoms with Gasteiger partial charge in [0.1, 0.15) is 0 Å². The first kappa shape index (κ1) is 11.7. The van der Waals surface area contributed by atoms with Gasteiger partial charge in [0.15, 0.2) is 0 Å². The summed E-state index contributed by atoms with van der Waals surface area (Å²) in [4.78, 5) is 22.7. The van der Waals surface area contributed by atoms with Crippen molar-refractivity contribution < 1.29 is 19.4 Å². The third-order valence-electron chi connectivity index (χ3n) is 2.09. The van der Waals surface area contributed by atoms with Crippen molar-refractivity contribution in [1.29, 1.82) is 0 Å². The van der Waals surface area contributed by atoms with Crippen molar-refractivity contribution in [3.63, 3.8) is 0 Å². The van der Waals surface area contributed by atoms with E-state index in [2.05, 4.69) is 4.74 Å². The molecular formula is C10H12O4S. The van der Waals surface area contributed by atoms with Gasteiger partial charge in [-0.2, -0.15) is 0 Å². The number of hydrogen-bond donors (Lipinski definition) is 1. The summed E-state index contributed by atoms with van der Waals surface area (Å²) in [6.07, 6.45) is 0.510. The van der Waals surface area contributed by atoms with Crippen LogP contribution in [-0.4, -0.2) is 24.2 Å². The first-order valence-corrected chi connectivity index (χ1v) is 5.37. The van der Waals surface area contributed by atoms with Crippen molar-refractivity contribution in [3.05, 3.63) is 21.9 Å². The number of carboxylic acid groups (broad SMARTS) is 1. The van der Waals surface area contributed by atoms with Gasteiger partial charge >= 0.3 is 11.9 Å². The van der Waals surface area contributed by atoms with Gasteiger partial charge in [0.25, 0.3) is 0 Å². The van der Waals surface area contributed by atoms with Crippen LogP contribution in [0, 0.1) is 0 Å². The van der Waals surface area contributed by atoms with Crippen molar-refractivity contribution >= 4 is 23.3 Å². The highest BCUT2D eigenvalue weighted by Gasteiger charge is 2.20. The van der Waals surface area contributed by atoms with E-state index in [-0.39, 0.29) is 0 Å². The maximum absolute atomic E-state index is 11.1. The lowest BCUT2D eigenvalue weighted by atomic mass is 10.0. The Hall–Kier alpha value is -1.36. The monoisotopic (exact) mass is 228 g/mol. The Balaban J connectivity index is 2.92. The molecule has 0 bridgehead atoms. The minimum absolute atomic E-state index is 0.414. The summed E-state index contributed by atoms with van der Waals surface area (Å²) in [5.41, 5.74) is 0.414. The Bertz CT molecular complexity index is 369. The zero-order chi connectivity index (χ0) is 11.4. The van der Waals surface area contributed by atoms with Crippen molar-refractivity contribution in [2.45, 2.75) is 19.3 Å². The number of hydrogen-bond acceptors (Lipinski definition) is 4. The molecule has 0 aromatic carbocycles. The van der Waals surface area contributed by atoms with E-state index in [4.69, 9.17) is 5.11 Å². The molecule has 82 valence electrons. The van der Waals surface area contributed by atoms with Gasteiger partial charge in [0.05, 0.1) is 18.6 Å². The van der Waals surface area contributed by atoms with Crippen LogP contribution in [0.2, 0.25) is 0 Å². The Labute approximate surface area is 91.5 Å². The number of ether oxygens (including phenoxy) is 1. The van der Waals surface area contributed by atoms with Gasteiger partial charge in [0.2, 0.25) is 0 Å². The molecule has 1 aromatic heterocycles. The van der Waals surface area contributed by atoms with Gasteiger partial charge in [0, 0.05) is 10.3 Å². The molecule has 1 heterocycles. The molecule has 4 nitrogen and oxygen atoms in total. The topological polar surface area (TPSA) is 63.6 Å². The van der Waals surface area contributed by atoms with E-state index in [0.29, 0.717) is 16.9 Å².